The lowest BCUT2D eigenvalue weighted by atomic mass is 9.86. The molecule has 0 aliphatic heterocycles. The molecule has 0 amide bonds. The van der Waals surface area contributed by atoms with Gasteiger partial charge in [-0.05, 0) is 24.0 Å². The quantitative estimate of drug-likeness (QED) is 0.775. The molecule has 1 aromatic rings. The molecule has 90 valence electrons. The molecule has 2 nitrogen and oxygen atoms in total. The minimum atomic E-state index is 0.120. The average Bonchev–Trinajstić information content (AvgIpc) is 2.16. The second kappa shape index (κ2) is 4.77. The van der Waals surface area contributed by atoms with Crippen LogP contribution in [0.15, 0.2) is 18.2 Å². The number of rotatable bonds is 3. The Labute approximate surface area is 99.2 Å². The zero-order valence-corrected chi connectivity index (χ0v) is 11.3. The summed E-state index contributed by atoms with van der Waals surface area (Å²) in [5.74, 6) is 1.00. The molecular formula is C14H23NO. The van der Waals surface area contributed by atoms with Crippen LogP contribution in [0.25, 0.3) is 0 Å². The van der Waals surface area contributed by atoms with Gasteiger partial charge in [-0.1, -0.05) is 26.8 Å². The highest BCUT2D eigenvalue weighted by Crippen LogP contribution is 2.34. The van der Waals surface area contributed by atoms with Gasteiger partial charge in [-0.15, -0.1) is 0 Å². The number of hydrogen-bond acceptors (Lipinski definition) is 2. The van der Waals surface area contributed by atoms with Crippen LogP contribution in [0.2, 0.25) is 0 Å². The maximum atomic E-state index is 5.73. The van der Waals surface area contributed by atoms with Gasteiger partial charge in [-0.25, -0.2) is 0 Å². The Morgan fingerprint density at radius 1 is 1.19 bits per heavy atom. The van der Waals surface area contributed by atoms with Crippen LogP contribution in [0.1, 0.15) is 33.3 Å². The summed E-state index contributed by atoms with van der Waals surface area (Å²) in [6.45, 7) is 9.36. The van der Waals surface area contributed by atoms with E-state index in [0.29, 0.717) is 6.61 Å². The van der Waals surface area contributed by atoms with Crippen LogP contribution in [-0.2, 0) is 5.41 Å². The maximum absolute atomic E-state index is 5.73. The first-order valence-corrected chi connectivity index (χ1v) is 5.81. The van der Waals surface area contributed by atoms with E-state index in [2.05, 4.69) is 43.9 Å². The first-order valence-electron chi connectivity index (χ1n) is 5.81. The number of ether oxygens (including phenoxy) is 1. The van der Waals surface area contributed by atoms with E-state index in [0.717, 1.165) is 5.75 Å². The molecule has 0 spiro atoms. The summed E-state index contributed by atoms with van der Waals surface area (Å²) in [4.78, 5) is 2.09. The molecular weight excluding hydrogens is 198 g/mol. The van der Waals surface area contributed by atoms with Crippen molar-refractivity contribution in [3.63, 3.8) is 0 Å². The topological polar surface area (TPSA) is 12.5 Å². The molecule has 0 heterocycles. The molecule has 0 saturated carbocycles. The highest BCUT2D eigenvalue weighted by Gasteiger charge is 2.19. The van der Waals surface area contributed by atoms with Gasteiger partial charge in [0.25, 0.3) is 0 Å². The van der Waals surface area contributed by atoms with Gasteiger partial charge in [-0.3, -0.25) is 0 Å². The first-order chi connectivity index (χ1) is 7.36. The van der Waals surface area contributed by atoms with E-state index in [4.69, 9.17) is 4.74 Å². The van der Waals surface area contributed by atoms with E-state index in [9.17, 15) is 0 Å². The SMILES string of the molecule is CCOc1cc(N(C)C)ccc1C(C)(C)C. The fourth-order valence-electron chi connectivity index (χ4n) is 1.68. The second-order valence-corrected chi connectivity index (χ2v) is 5.26. The van der Waals surface area contributed by atoms with Crippen molar-refractivity contribution in [3.8, 4) is 5.75 Å². The lowest BCUT2D eigenvalue weighted by Gasteiger charge is -2.24. The van der Waals surface area contributed by atoms with Crippen LogP contribution in [0.4, 0.5) is 5.69 Å². The molecule has 2 heteroatoms. The number of nitrogens with zero attached hydrogens (tertiary/aromatic N) is 1. The Balaban J connectivity index is 3.19. The highest BCUT2D eigenvalue weighted by atomic mass is 16.5. The van der Waals surface area contributed by atoms with Crippen molar-refractivity contribution >= 4 is 5.69 Å². The molecule has 0 aromatic heterocycles. The first kappa shape index (κ1) is 12.9. The van der Waals surface area contributed by atoms with Crippen LogP contribution in [0.3, 0.4) is 0 Å². The summed E-state index contributed by atoms with van der Waals surface area (Å²) >= 11 is 0. The molecule has 0 fully saturated rings. The monoisotopic (exact) mass is 221 g/mol. The number of hydrogen-bond donors (Lipinski definition) is 0. The smallest absolute Gasteiger partial charge is 0.125 e. The normalized spacial score (nSPS) is 11.4. The molecule has 0 atom stereocenters. The Bertz CT molecular complexity index is 350. The predicted octanol–water partition coefficient (Wildman–Crippen LogP) is 3.45. The summed E-state index contributed by atoms with van der Waals surface area (Å²) < 4.78 is 5.73. The molecule has 0 saturated heterocycles. The standard InChI is InChI=1S/C14H23NO/c1-7-16-13-10-11(15(5)6)8-9-12(13)14(2,3)4/h8-10H,7H2,1-6H3. The molecule has 16 heavy (non-hydrogen) atoms. The summed E-state index contributed by atoms with van der Waals surface area (Å²) in [5, 5.41) is 0. The minimum Gasteiger partial charge on any atom is -0.493 e. The van der Waals surface area contributed by atoms with E-state index in [1.807, 2.05) is 21.0 Å². The van der Waals surface area contributed by atoms with Gasteiger partial charge in [0.05, 0.1) is 6.61 Å². The van der Waals surface area contributed by atoms with Gasteiger partial charge in [0.2, 0.25) is 0 Å². The highest BCUT2D eigenvalue weighted by molar-refractivity contribution is 5.54. The predicted molar refractivity (Wildman–Crippen MR) is 70.6 cm³/mol. The van der Waals surface area contributed by atoms with Gasteiger partial charge in [0.15, 0.2) is 0 Å². The lowest BCUT2D eigenvalue weighted by molar-refractivity contribution is 0.330. The Hall–Kier alpha value is -1.18. The molecule has 0 bridgehead atoms. The van der Waals surface area contributed by atoms with E-state index in [1.165, 1.54) is 11.3 Å². The molecule has 1 rings (SSSR count). The van der Waals surface area contributed by atoms with Gasteiger partial charge in [-0.2, -0.15) is 0 Å². The van der Waals surface area contributed by atoms with E-state index < -0.39 is 0 Å². The zero-order chi connectivity index (χ0) is 12.3. The van der Waals surface area contributed by atoms with Gasteiger partial charge >= 0.3 is 0 Å². The third-order valence-electron chi connectivity index (χ3n) is 2.59. The average molecular weight is 221 g/mol. The summed E-state index contributed by atoms with van der Waals surface area (Å²) in [6.07, 6.45) is 0. The Morgan fingerprint density at radius 3 is 2.25 bits per heavy atom. The van der Waals surface area contributed by atoms with E-state index in [1.54, 1.807) is 0 Å². The van der Waals surface area contributed by atoms with Crippen molar-refractivity contribution in [2.24, 2.45) is 0 Å². The Morgan fingerprint density at radius 2 is 1.81 bits per heavy atom. The number of anilines is 1. The summed E-state index contributed by atoms with van der Waals surface area (Å²) in [6, 6.07) is 6.42. The van der Waals surface area contributed by atoms with Crippen LogP contribution in [0.5, 0.6) is 5.75 Å². The van der Waals surface area contributed by atoms with Gasteiger partial charge in [0, 0.05) is 25.8 Å². The third kappa shape index (κ3) is 2.91. The fourth-order valence-corrected chi connectivity index (χ4v) is 1.68. The molecule has 0 aliphatic rings. The molecule has 0 unspecified atom stereocenters. The lowest BCUT2D eigenvalue weighted by Crippen LogP contribution is -2.15. The van der Waals surface area contributed by atoms with Crippen molar-refractivity contribution in [1.82, 2.24) is 0 Å². The maximum Gasteiger partial charge on any atom is 0.125 e. The summed E-state index contributed by atoms with van der Waals surface area (Å²) in [5.41, 5.74) is 2.56. The largest absolute Gasteiger partial charge is 0.493 e. The van der Waals surface area contributed by atoms with Crippen molar-refractivity contribution in [2.75, 3.05) is 25.6 Å². The van der Waals surface area contributed by atoms with Crippen molar-refractivity contribution in [3.05, 3.63) is 23.8 Å². The van der Waals surface area contributed by atoms with Crippen molar-refractivity contribution in [1.29, 1.82) is 0 Å². The van der Waals surface area contributed by atoms with E-state index in [-0.39, 0.29) is 5.41 Å². The van der Waals surface area contributed by atoms with Crippen LogP contribution in [0, 0.1) is 0 Å². The van der Waals surface area contributed by atoms with Crippen molar-refractivity contribution < 1.29 is 4.74 Å². The second-order valence-electron chi connectivity index (χ2n) is 5.26. The van der Waals surface area contributed by atoms with E-state index >= 15 is 0 Å². The van der Waals surface area contributed by atoms with Crippen LogP contribution >= 0.6 is 0 Å². The Kier molecular flexibility index (Phi) is 3.84. The summed E-state index contributed by atoms with van der Waals surface area (Å²) in [7, 11) is 4.09. The molecule has 0 N–H and O–H groups in total. The molecule has 0 aliphatic carbocycles. The molecule has 0 radical (unpaired) electrons. The zero-order valence-electron chi connectivity index (χ0n) is 11.3. The fraction of sp³-hybridized carbons (Fsp3) is 0.571. The number of benzene rings is 1. The van der Waals surface area contributed by atoms with Gasteiger partial charge < -0.3 is 9.64 Å². The minimum absolute atomic E-state index is 0.120. The van der Waals surface area contributed by atoms with Crippen LogP contribution < -0.4 is 9.64 Å². The molecule has 1 aromatic carbocycles. The third-order valence-corrected chi connectivity index (χ3v) is 2.59. The van der Waals surface area contributed by atoms with Crippen molar-refractivity contribution in [2.45, 2.75) is 33.1 Å². The van der Waals surface area contributed by atoms with Gasteiger partial charge in [0.1, 0.15) is 5.75 Å². The van der Waals surface area contributed by atoms with Crippen LogP contribution in [-0.4, -0.2) is 20.7 Å².